The Morgan fingerprint density at radius 1 is 0.978 bits per heavy atom. The van der Waals surface area contributed by atoms with Gasteiger partial charge in [-0.05, 0) is 96.0 Å². The Hall–Kier alpha value is -2.98. The van der Waals surface area contributed by atoms with Crippen molar-refractivity contribution >= 4 is 11.9 Å². The van der Waals surface area contributed by atoms with Gasteiger partial charge in [0, 0.05) is 63.1 Å². The van der Waals surface area contributed by atoms with Crippen LogP contribution in [0.5, 0.6) is 0 Å². The fourth-order valence-corrected chi connectivity index (χ4v) is 9.70. The lowest BCUT2D eigenvalue weighted by atomic mass is 9.81. The predicted octanol–water partition coefficient (Wildman–Crippen LogP) is 5.20. The van der Waals surface area contributed by atoms with Crippen molar-refractivity contribution in [3.05, 3.63) is 48.3 Å². The summed E-state index contributed by atoms with van der Waals surface area (Å²) < 4.78 is 7.55. The molecule has 7 rings (SSSR count). The van der Waals surface area contributed by atoms with Crippen LogP contribution in [0, 0.1) is 11.8 Å². The summed E-state index contributed by atoms with van der Waals surface area (Å²) in [6, 6.07) is 12.3. The summed E-state index contributed by atoms with van der Waals surface area (Å²) in [6.07, 6.45) is 14.8. The zero-order valence-corrected chi connectivity index (χ0v) is 27.8. The molecular formula is C36H53N7O3. The first-order chi connectivity index (χ1) is 22.4. The molecule has 1 aromatic carbocycles. The lowest BCUT2D eigenvalue weighted by Crippen LogP contribution is -2.60. The monoisotopic (exact) mass is 631 g/mol. The zero-order chi connectivity index (χ0) is 31.7. The number of benzene rings is 1. The number of carbonyl (C=O) groups excluding carboxylic acids is 2. The van der Waals surface area contributed by atoms with Crippen molar-refractivity contribution in [1.29, 1.82) is 0 Å². The Bertz CT molecular complexity index is 1290. The van der Waals surface area contributed by atoms with Gasteiger partial charge >= 0.3 is 6.03 Å². The Balaban J connectivity index is 0.994. The molecule has 1 aliphatic carbocycles. The highest BCUT2D eigenvalue weighted by Gasteiger charge is 2.57. The van der Waals surface area contributed by atoms with Crippen molar-refractivity contribution in [2.75, 3.05) is 32.8 Å². The maximum atomic E-state index is 13.9. The van der Waals surface area contributed by atoms with Gasteiger partial charge in [0.25, 0.3) is 0 Å². The maximum Gasteiger partial charge on any atom is 0.320 e. The first kappa shape index (κ1) is 31.6. The molecule has 1 spiro atoms. The molecule has 5 fully saturated rings. The van der Waals surface area contributed by atoms with Crippen LogP contribution in [0.4, 0.5) is 4.79 Å². The number of fused-ring (bicyclic) bond motifs is 2. The van der Waals surface area contributed by atoms with E-state index in [1.165, 1.54) is 18.4 Å². The van der Waals surface area contributed by atoms with Crippen molar-refractivity contribution in [3.63, 3.8) is 0 Å². The number of aromatic nitrogens is 3. The third kappa shape index (κ3) is 6.44. The summed E-state index contributed by atoms with van der Waals surface area (Å²) in [5.41, 5.74) is 1.11. The molecule has 1 aromatic heterocycles. The maximum absolute atomic E-state index is 13.9. The average Bonchev–Trinajstić information content (AvgIpc) is 3.76. The summed E-state index contributed by atoms with van der Waals surface area (Å²) in [5, 5.41) is 11.6. The Morgan fingerprint density at radius 3 is 2.33 bits per heavy atom. The molecule has 10 nitrogen and oxygen atoms in total. The second-order valence-corrected chi connectivity index (χ2v) is 15.1. The number of piperidine rings is 1. The van der Waals surface area contributed by atoms with Gasteiger partial charge in [0.15, 0.2) is 0 Å². The highest BCUT2D eigenvalue weighted by Crippen LogP contribution is 2.48. The molecular weight excluding hydrogens is 578 g/mol. The molecule has 2 bridgehead atoms. The summed E-state index contributed by atoms with van der Waals surface area (Å²) in [6.45, 7) is 8.73. The quantitative estimate of drug-likeness (QED) is 0.388. The third-order valence-corrected chi connectivity index (χ3v) is 11.9. The molecule has 5 aliphatic rings. The molecule has 4 saturated heterocycles. The van der Waals surface area contributed by atoms with Gasteiger partial charge in [-0.1, -0.05) is 35.5 Å². The van der Waals surface area contributed by atoms with E-state index in [1.54, 1.807) is 6.20 Å². The number of hydrogen-bond donors (Lipinski definition) is 1. The Labute approximate surface area is 274 Å². The summed E-state index contributed by atoms with van der Waals surface area (Å²) in [4.78, 5) is 34.7. The van der Waals surface area contributed by atoms with E-state index in [2.05, 4.69) is 68.4 Å². The minimum atomic E-state index is -0.0725. The minimum Gasteiger partial charge on any atom is -0.381 e. The van der Waals surface area contributed by atoms with Crippen LogP contribution < -0.4 is 5.32 Å². The standard InChI is InChI=1S/C36H53N7O3/c1-26(2)43-35(45)40(24-27-15-20-46-21-16-27)25-36(43)22-31-12-13-32(23-36)41(31)18-14-33(28-6-4-3-5-7-28)38-34(44)29-8-10-30(11-9-29)42-19-17-37-39-42/h3-7,17,19,26-27,29-33H,8-16,18,20-25H2,1-2H3,(H,38,44)/t29-,30-,31?,32?,33-,36?/m0/s1. The number of hydrogen-bond acceptors (Lipinski definition) is 6. The van der Waals surface area contributed by atoms with Crippen molar-refractivity contribution in [3.8, 4) is 0 Å². The molecule has 5 heterocycles. The first-order valence-electron chi connectivity index (χ1n) is 18.0. The second kappa shape index (κ2) is 13.6. The van der Waals surface area contributed by atoms with Crippen LogP contribution in [0.1, 0.15) is 102 Å². The molecule has 1 N–H and O–H groups in total. The van der Waals surface area contributed by atoms with Crippen LogP contribution in [0.15, 0.2) is 42.7 Å². The predicted molar refractivity (Wildman–Crippen MR) is 176 cm³/mol. The van der Waals surface area contributed by atoms with E-state index >= 15 is 0 Å². The van der Waals surface area contributed by atoms with E-state index < -0.39 is 0 Å². The van der Waals surface area contributed by atoms with Crippen molar-refractivity contribution in [1.82, 2.24) is 35.0 Å². The number of nitrogens with zero attached hydrogens (tertiary/aromatic N) is 6. The van der Waals surface area contributed by atoms with Crippen LogP contribution >= 0.6 is 0 Å². The largest absolute Gasteiger partial charge is 0.381 e. The smallest absolute Gasteiger partial charge is 0.320 e. The number of nitrogens with one attached hydrogen (secondary N) is 1. The molecule has 3 atom stereocenters. The Morgan fingerprint density at radius 2 is 1.67 bits per heavy atom. The van der Waals surface area contributed by atoms with Crippen LogP contribution in [0.3, 0.4) is 0 Å². The molecule has 10 heteroatoms. The van der Waals surface area contributed by atoms with Crippen molar-refractivity contribution in [2.45, 2.75) is 120 Å². The van der Waals surface area contributed by atoms with Gasteiger partial charge in [-0.3, -0.25) is 9.69 Å². The first-order valence-corrected chi connectivity index (χ1v) is 18.0. The zero-order valence-electron chi connectivity index (χ0n) is 27.8. The highest BCUT2D eigenvalue weighted by atomic mass is 16.5. The lowest BCUT2D eigenvalue weighted by Gasteiger charge is -2.49. The van der Waals surface area contributed by atoms with Gasteiger partial charge in [-0.2, -0.15) is 0 Å². The topological polar surface area (TPSA) is 95.8 Å². The fraction of sp³-hybridized carbons (Fsp3) is 0.722. The van der Waals surface area contributed by atoms with Crippen LogP contribution in [0.2, 0.25) is 0 Å². The van der Waals surface area contributed by atoms with Crippen LogP contribution in [-0.2, 0) is 9.53 Å². The Kier molecular flexibility index (Phi) is 9.37. The number of amides is 3. The third-order valence-electron chi connectivity index (χ3n) is 11.9. The molecule has 3 amide bonds. The van der Waals surface area contributed by atoms with Gasteiger partial charge in [-0.15, -0.1) is 5.10 Å². The summed E-state index contributed by atoms with van der Waals surface area (Å²) in [5.74, 6) is 0.781. The molecule has 2 unspecified atom stereocenters. The number of ether oxygens (including phenoxy) is 1. The number of carbonyl (C=O) groups is 2. The van der Waals surface area contributed by atoms with Crippen molar-refractivity contribution in [2.24, 2.45) is 11.8 Å². The minimum absolute atomic E-state index is 0.00721. The molecule has 4 aliphatic heterocycles. The molecule has 250 valence electrons. The summed E-state index contributed by atoms with van der Waals surface area (Å²) >= 11 is 0. The number of urea groups is 1. The van der Waals surface area contributed by atoms with Gasteiger partial charge in [0.2, 0.25) is 5.91 Å². The SMILES string of the molecule is CC(C)N1C(=O)N(CC2CCOCC2)CC12CC1CCC(C2)N1CC[C@H](NC(=O)[C@H]1CC[C@H](n2ccnn2)CC1)c1ccccc1. The van der Waals surface area contributed by atoms with E-state index in [0.717, 1.165) is 90.6 Å². The molecule has 1 saturated carbocycles. The summed E-state index contributed by atoms with van der Waals surface area (Å²) in [7, 11) is 0. The van der Waals surface area contributed by atoms with Crippen LogP contribution in [0.25, 0.3) is 0 Å². The van der Waals surface area contributed by atoms with E-state index in [9.17, 15) is 9.59 Å². The second-order valence-electron chi connectivity index (χ2n) is 15.1. The molecule has 46 heavy (non-hydrogen) atoms. The van der Waals surface area contributed by atoms with E-state index in [4.69, 9.17) is 4.74 Å². The lowest BCUT2D eigenvalue weighted by molar-refractivity contribution is -0.127. The normalized spacial score (nSPS) is 31.2. The van der Waals surface area contributed by atoms with Crippen LogP contribution in [-0.4, -0.2) is 98.1 Å². The highest BCUT2D eigenvalue weighted by molar-refractivity contribution is 5.79. The average molecular weight is 632 g/mol. The fourth-order valence-electron chi connectivity index (χ4n) is 9.70. The van der Waals surface area contributed by atoms with Gasteiger partial charge in [0.1, 0.15) is 0 Å². The molecule has 2 aromatic rings. The van der Waals surface area contributed by atoms with E-state index in [0.29, 0.717) is 24.0 Å². The van der Waals surface area contributed by atoms with Gasteiger partial charge in [-0.25, -0.2) is 9.48 Å². The van der Waals surface area contributed by atoms with Crippen molar-refractivity contribution < 1.29 is 14.3 Å². The van der Waals surface area contributed by atoms with E-state index in [-0.39, 0.29) is 35.5 Å². The van der Waals surface area contributed by atoms with E-state index in [1.807, 2.05) is 16.9 Å². The van der Waals surface area contributed by atoms with Gasteiger partial charge in [0.05, 0.1) is 23.8 Å². The molecule has 0 radical (unpaired) electrons. The van der Waals surface area contributed by atoms with Gasteiger partial charge < -0.3 is 19.9 Å². The number of rotatable bonds is 10.